The summed E-state index contributed by atoms with van der Waals surface area (Å²) in [7, 11) is 0. The minimum atomic E-state index is -4.83. The summed E-state index contributed by atoms with van der Waals surface area (Å²) in [5, 5.41) is 20.1. The van der Waals surface area contributed by atoms with Gasteiger partial charge in [0.15, 0.2) is 11.2 Å². The molecule has 2 saturated carbocycles. The first-order valence-corrected chi connectivity index (χ1v) is 8.29. The fourth-order valence-corrected chi connectivity index (χ4v) is 4.82. The second kappa shape index (κ2) is 6.04. The van der Waals surface area contributed by atoms with E-state index in [0.717, 1.165) is 0 Å². The van der Waals surface area contributed by atoms with Gasteiger partial charge in [-0.25, -0.2) is 0 Å². The summed E-state index contributed by atoms with van der Waals surface area (Å²) in [6, 6.07) is 0. The molecule has 2 fully saturated rings. The van der Waals surface area contributed by atoms with Crippen LogP contribution in [-0.2, 0) is 0 Å². The predicted octanol–water partition coefficient (Wildman–Crippen LogP) is 4.45. The van der Waals surface area contributed by atoms with Crippen LogP contribution < -0.4 is 0 Å². The maximum atomic E-state index is 13.2. The molecule has 0 aliphatic heterocycles. The largest absolute Gasteiger partial charge is 0.417 e. The van der Waals surface area contributed by atoms with Gasteiger partial charge >= 0.3 is 12.4 Å². The third kappa shape index (κ3) is 3.16. The molecule has 2 aliphatic rings. The molecule has 6 atom stereocenters. The zero-order valence-electron chi connectivity index (χ0n) is 13.7. The average Bonchev–Trinajstić information content (AvgIpc) is 2.43. The molecule has 2 aliphatic carbocycles. The highest BCUT2D eigenvalue weighted by Crippen LogP contribution is 2.56. The van der Waals surface area contributed by atoms with Crippen molar-refractivity contribution >= 4 is 0 Å². The Labute approximate surface area is 137 Å². The SMILES string of the molecule is CC(O)(C1CCCC2C1CCCC2C(C)(O)C(F)(F)F)C(F)(F)F. The van der Waals surface area contributed by atoms with Gasteiger partial charge in [-0.3, -0.25) is 0 Å². The fourth-order valence-electron chi connectivity index (χ4n) is 4.82. The number of rotatable bonds is 2. The summed E-state index contributed by atoms with van der Waals surface area (Å²) >= 11 is 0. The van der Waals surface area contributed by atoms with Gasteiger partial charge in [0.25, 0.3) is 0 Å². The lowest BCUT2D eigenvalue weighted by Gasteiger charge is -2.53. The molecule has 6 unspecified atom stereocenters. The Morgan fingerprint density at radius 1 is 0.625 bits per heavy atom. The van der Waals surface area contributed by atoms with Gasteiger partial charge < -0.3 is 10.2 Å². The van der Waals surface area contributed by atoms with E-state index in [2.05, 4.69) is 0 Å². The zero-order chi connectivity index (χ0) is 18.6. The van der Waals surface area contributed by atoms with Crippen molar-refractivity contribution in [3.8, 4) is 0 Å². The van der Waals surface area contributed by atoms with E-state index in [4.69, 9.17) is 0 Å². The Morgan fingerprint density at radius 3 is 1.17 bits per heavy atom. The molecule has 0 radical (unpaired) electrons. The third-order valence-electron chi connectivity index (χ3n) is 6.28. The van der Waals surface area contributed by atoms with Crippen molar-refractivity contribution in [1.82, 2.24) is 0 Å². The summed E-state index contributed by atoms with van der Waals surface area (Å²) in [5.41, 5.74) is -5.86. The smallest absolute Gasteiger partial charge is 0.380 e. The van der Waals surface area contributed by atoms with E-state index in [1.165, 1.54) is 0 Å². The van der Waals surface area contributed by atoms with Gasteiger partial charge in [0, 0.05) is 0 Å². The van der Waals surface area contributed by atoms with E-state index in [-0.39, 0.29) is 12.8 Å². The van der Waals surface area contributed by atoms with Crippen LogP contribution in [0.25, 0.3) is 0 Å². The van der Waals surface area contributed by atoms with Crippen molar-refractivity contribution in [3.63, 3.8) is 0 Å². The van der Waals surface area contributed by atoms with E-state index >= 15 is 0 Å². The summed E-state index contributed by atoms with van der Waals surface area (Å²) in [5.74, 6) is -3.60. The van der Waals surface area contributed by atoms with Crippen LogP contribution in [0.3, 0.4) is 0 Å². The van der Waals surface area contributed by atoms with E-state index in [0.29, 0.717) is 39.5 Å². The van der Waals surface area contributed by atoms with Crippen LogP contribution in [0.1, 0.15) is 52.4 Å². The summed E-state index contributed by atoms with van der Waals surface area (Å²) in [6.07, 6.45) is -8.05. The van der Waals surface area contributed by atoms with Gasteiger partial charge in [0.05, 0.1) is 0 Å². The first-order valence-electron chi connectivity index (χ1n) is 8.29. The van der Waals surface area contributed by atoms with Gasteiger partial charge in [-0.1, -0.05) is 12.8 Å². The lowest BCUT2D eigenvalue weighted by atomic mass is 9.55. The number of halogens is 6. The van der Waals surface area contributed by atoms with Gasteiger partial charge in [-0.05, 0) is 63.2 Å². The molecule has 0 aromatic carbocycles. The standard InChI is InChI=1S/C16H24F6O2/c1-13(23,15(17,18)19)11-7-3-6-10-9(11)5-4-8-12(10)14(2,24)16(20,21)22/h9-12,23-24H,3-8H2,1-2H3. The quantitative estimate of drug-likeness (QED) is 0.713. The summed E-state index contributed by atoms with van der Waals surface area (Å²) < 4.78 is 79.3. The molecular formula is C16H24F6O2. The molecule has 8 heteroatoms. The highest BCUT2D eigenvalue weighted by molar-refractivity contribution is 5.03. The van der Waals surface area contributed by atoms with Crippen LogP contribution in [0, 0.1) is 23.7 Å². The van der Waals surface area contributed by atoms with Crippen LogP contribution in [0.2, 0.25) is 0 Å². The fraction of sp³-hybridized carbons (Fsp3) is 1.00. The predicted molar refractivity (Wildman–Crippen MR) is 75.0 cm³/mol. The van der Waals surface area contributed by atoms with Crippen molar-refractivity contribution in [2.24, 2.45) is 23.7 Å². The van der Waals surface area contributed by atoms with E-state index < -0.39 is 47.2 Å². The van der Waals surface area contributed by atoms with Crippen LogP contribution in [0.5, 0.6) is 0 Å². The number of hydrogen-bond donors (Lipinski definition) is 2. The topological polar surface area (TPSA) is 40.5 Å². The Morgan fingerprint density at radius 2 is 0.917 bits per heavy atom. The minimum Gasteiger partial charge on any atom is -0.380 e. The van der Waals surface area contributed by atoms with Gasteiger partial charge in [-0.2, -0.15) is 26.3 Å². The Kier molecular flexibility index (Phi) is 4.99. The van der Waals surface area contributed by atoms with Crippen molar-refractivity contribution in [2.45, 2.75) is 75.9 Å². The lowest BCUT2D eigenvalue weighted by Crippen LogP contribution is -2.59. The van der Waals surface area contributed by atoms with Crippen molar-refractivity contribution in [3.05, 3.63) is 0 Å². The lowest BCUT2D eigenvalue weighted by molar-refractivity contribution is -0.301. The Hall–Kier alpha value is -0.500. The molecule has 2 nitrogen and oxygen atoms in total. The normalized spacial score (nSPS) is 37.2. The molecule has 2 rings (SSSR count). The molecule has 2 N–H and O–H groups in total. The molecule has 0 aromatic rings. The first kappa shape index (κ1) is 19.8. The van der Waals surface area contributed by atoms with Crippen LogP contribution in [0.15, 0.2) is 0 Å². The van der Waals surface area contributed by atoms with E-state index in [1.807, 2.05) is 0 Å². The van der Waals surface area contributed by atoms with E-state index in [1.54, 1.807) is 0 Å². The maximum Gasteiger partial charge on any atom is 0.417 e. The molecule has 0 aromatic heterocycles. The number of fused-ring (bicyclic) bond motifs is 1. The molecule has 0 bridgehead atoms. The molecule has 0 heterocycles. The maximum absolute atomic E-state index is 13.2. The van der Waals surface area contributed by atoms with Crippen LogP contribution in [-0.4, -0.2) is 33.8 Å². The minimum absolute atomic E-state index is 0.133. The molecular weight excluding hydrogens is 338 g/mol. The van der Waals surface area contributed by atoms with Gasteiger partial charge in [0.2, 0.25) is 0 Å². The van der Waals surface area contributed by atoms with E-state index in [9.17, 15) is 36.6 Å². The van der Waals surface area contributed by atoms with Crippen LogP contribution in [0.4, 0.5) is 26.3 Å². The summed E-state index contributed by atoms with van der Waals surface area (Å²) in [4.78, 5) is 0. The first-order chi connectivity index (χ1) is 10.7. The third-order valence-corrected chi connectivity index (χ3v) is 6.28. The van der Waals surface area contributed by atoms with Gasteiger partial charge in [0.1, 0.15) is 0 Å². The van der Waals surface area contributed by atoms with Crippen molar-refractivity contribution in [2.75, 3.05) is 0 Å². The Balaban J connectivity index is 2.33. The second-order valence-corrected chi connectivity index (χ2v) is 7.69. The second-order valence-electron chi connectivity index (χ2n) is 7.69. The zero-order valence-corrected chi connectivity index (χ0v) is 13.7. The highest BCUT2D eigenvalue weighted by Gasteiger charge is 2.63. The van der Waals surface area contributed by atoms with Crippen molar-refractivity contribution < 1.29 is 36.6 Å². The van der Waals surface area contributed by atoms with Gasteiger partial charge in [-0.15, -0.1) is 0 Å². The average molecular weight is 362 g/mol. The molecule has 0 saturated heterocycles. The number of hydrogen-bond acceptors (Lipinski definition) is 2. The number of alkyl halides is 6. The highest BCUT2D eigenvalue weighted by atomic mass is 19.4. The molecule has 24 heavy (non-hydrogen) atoms. The number of aliphatic hydroxyl groups is 2. The Bertz CT molecular complexity index is 412. The molecule has 0 amide bonds. The monoisotopic (exact) mass is 362 g/mol. The molecule has 142 valence electrons. The molecule has 0 spiro atoms. The van der Waals surface area contributed by atoms with Crippen LogP contribution >= 0.6 is 0 Å². The summed E-state index contributed by atoms with van der Waals surface area (Å²) in [6.45, 7) is 1.43. The van der Waals surface area contributed by atoms with Crippen molar-refractivity contribution in [1.29, 1.82) is 0 Å².